The van der Waals surface area contributed by atoms with Gasteiger partial charge < -0.3 is 5.32 Å². The van der Waals surface area contributed by atoms with E-state index in [2.05, 4.69) is 24.1 Å². The van der Waals surface area contributed by atoms with Crippen LogP contribution in [0.4, 0.5) is 0 Å². The Morgan fingerprint density at radius 3 is 2.93 bits per heavy atom. The summed E-state index contributed by atoms with van der Waals surface area (Å²) in [6, 6.07) is 0. The minimum absolute atomic E-state index is 1.00. The lowest BCUT2D eigenvalue weighted by Gasteiger charge is -2.03. The monoisotopic (exact) mass is 212 g/mol. The molecule has 0 bridgehead atoms. The summed E-state index contributed by atoms with van der Waals surface area (Å²) in [5.74, 6) is 0. The first kappa shape index (κ1) is 11.7. The highest BCUT2D eigenvalue weighted by atomic mass is 32.1. The van der Waals surface area contributed by atoms with Crippen molar-refractivity contribution >= 4 is 11.3 Å². The molecule has 0 radical (unpaired) electrons. The minimum atomic E-state index is 1.00. The molecule has 1 heterocycles. The average molecular weight is 212 g/mol. The zero-order chi connectivity index (χ0) is 10.2. The van der Waals surface area contributed by atoms with Gasteiger partial charge in [0.15, 0.2) is 0 Å². The van der Waals surface area contributed by atoms with Gasteiger partial charge in [-0.05, 0) is 19.4 Å². The maximum absolute atomic E-state index is 4.38. The summed E-state index contributed by atoms with van der Waals surface area (Å²) in [5, 5.41) is 3.46. The van der Waals surface area contributed by atoms with Crippen molar-refractivity contribution in [3.05, 3.63) is 16.1 Å². The van der Waals surface area contributed by atoms with Gasteiger partial charge in [0, 0.05) is 11.4 Å². The maximum Gasteiger partial charge on any atom is 0.0798 e. The molecule has 2 nitrogen and oxygen atoms in total. The molecule has 14 heavy (non-hydrogen) atoms. The van der Waals surface area contributed by atoms with E-state index in [9.17, 15) is 0 Å². The van der Waals surface area contributed by atoms with Gasteiger partial charge in [-0.25, -0.2) is 4.98 Å². The van der Waals surface area contributed by atoms with Crippen LogP contribution in [0.1, 0.15) is 43.7 Å². The van der Waals surface area contributed by atoms with Gasteiger partial charge in [0.1, 0.15) is 0 Å². The summed E-state index contributed by atoms with van der Waals surface area (Å²) in [4.78, 5) is 5.80. The number of nitrogens with one attached hydrogen (secondary N) is 1. The van der Waals surface area contributed by atoms with Crippen molar-refractivity contribution in [2.45, 2.75) is 46.1 Å². The van der Waals surface area contributed by atoms with E-state index in [0.717, 1.165) is 19.5 Å². The van der Waals surface area contributed by atoms with Crippen molar-refractivity contribution in [1.29, 1.82) is 0 Å². The Bertz CT molecular complexity index is 245. The Balaban J connectivity index is 2.30. The van der Waals surface area contributed by atoms with Crippen molar-refractivity contribution < 1.29 is 0 Å². The summed E-state index contributed by atoms with van der Waals surface area (Å²) >= 11 is 1.77. The van der Waals surface area contributed by atoms with Gasteiger partial charge in [0.2, 0.25) is 0 Å². The number of unbranched alkanes of at least 4 members (excludes halogenated alkanes) is 1. The third-order valence-corrected chi connectivity index (χ3v) is 3.08. The molecule has 0 aliphatic rings. The van der Waals surface area contributed by atoms with Gasteiger partial charge in [-0.1, -0.05) is 26.7 Å². The summed E-state index contributed by atoms with van der Waals surface area (Å²) in [6.45, 7) is 6.55. The third kappa shape index (κ3) is 3.76. The second kappa shape index (κ2) is 6.96. The molecule has 0 spiro atoms. The Kier molecular flexibility index (Phi) is 5.80. The van der Waals surface area contributed by atoms with Crippen molar-refractivity contribution in [1.82, 2.24) is 10.3 Å². The van der Waals surface area contributed by atoms with Gasteiger partial charge in [-0.2, -0.15) is 0 Å². The quantitative estimate of drug-likeness (QED) is 0.703. The van der Waals surface area contributed by atoms with E-state index >= 15 is 0 Å². The topological polar surface area (TPSA) is 24.9 Å². The number of aryl methyl sites for hydroxylation is 1. The van der Waals surface area contributed by atoms with Gasteiger partial charge in [0.05, 0.1) is 11.2 Å². The molecule has 0 atom stereocenters. The molecule has 3 heteroatoms. The first-order valence-electron chi connectivity index (χ1n) is 5.50. The number of aromatic nitrogens is 1. The Morgan fingerprint density at radius 1 is 1.36 bits per heavy atom. The lowest BCUT2D eigenvalue weighted by molar-refractivity contribution is 0.641. The number of hydrogen-bond acceptors (Lipinski definition) is 3. The molecular weight excluding hydrogens is 192 g/mol. The molecule has 0 amide bonds. The normalized spacial score (nSPS) is 10.7. The van der Waals surface area contributed by atoms with Crippen LogP contribution in [-0.2, 0) is 13.0 Å². The fourth-order valence-electron chi connectivity index (χ4n) is 1.38. The average Bonchev–Trinajstić information content (AvgIpc) is 2.61. The molecule has 1 aromatic heterocycles. The summed E-state index contributed by atoms with van der Waals surface area (Å²) in [7, 11) is 0. The van der Waals surface area contributed by atoms with E-state index in [1.165, 1.54) is 29.8 Å². The molecular formula is C11H20N2S. The van der Waals surface area contributed by atoms with Crippen LogP contribution in [0.15, 0.2) is 5.51 Å². The van der Waals surface area contributed by atoms with E-state index in [0.29, 0.717) is 0 Å². The Hall–Kier alpha value is -0.410. The van der Waals surface area contributed by atoms with E-state index in [-0.39, 0.29) is 0 Å². The summed E-state index contributed by atoms with van der Waals surface area (Å²) in [6.07, 6.45) is 4.83. The van der Waals surface area contributed by atoms with E-state index in [1.54, 1.807) is 11.3 Å². The largest absolute Gasteiger partial charge is 0.312 e. The van der Waals surface area contributed by atoms with Crippen LogP contribution in [0.5, 0.6) is 0 Å². The minimum Gasteiger partial charge on any atom is -0.312 e. The number of thiazole rings is 1. The third-order valence-electron chi connectivity index (χ3n) is 2.20. The van der Waals surface area contributed by atoms with Crippen LogP contribution in [0.2, 0.25) is 0 Å². The maximum atomic E-state index is 4.38. The van der Waals surface area contributed by atoms with E-state index in [4.69, 9.17) is 0 Å². The molecule has 0 saturated heterocycles. The molecule has 80 valence electrons. The first-order chi connectivity index (χ1) is 6.88. The predicted octanol–water partition coefficient (Wildman–Crippen LogP) is 2.99. The van der Waals surface area contributed by atoms with Crippen molar-refractivity contribution in [3.8, 4) is 0 Å². The van der Waals surface area contributed by atoms with Gasteiger partial charge in [0.25, 0.3) is 0 Å². The molecule has 1 rings (SSSR count). The van der Waals surface area contributed by atoms with Gasteiger partial charge >= 0.3 is 0 Å². The van der Waals surface area contributed by atoms with Crippen LogP contribution < -0.4 is 5.32 Å². The smallest absolute Gasteiger partial charge is 0.0798 e. The fourth-order valence-corrected chi connectivity index (χ4v) is 2.17. The molecule has 1 N–H and O–H groups in total. The molecule has 0 aliphatic heterocycles. The summed E-state index contributed by atoms with van der Waals surface area (Å²) in [5.41, 5.74) is 3.25. The fraction of sp³-hybridized carbons (Fsp3) is 0.727. The summed E-state index contributed by atoms with van der Waals surface area (Å²) < 4.78 is 0. The second-order valence-corrected chi connectivity index (χ2v) is 4.44. The van der Waals surface area contributed by atoms with Crippen LogP contribution in [0.3, 0.4) is 0 Å². The first-order valence-corrected chi connectivity index (χ1v) is 6.38. The van der Waals surface area contributed by atoms with Gasteiger partial charge in [-0.3, -0.25) is 0 Å². The van der Waals surface area contributed by atoms with E-state index in [1.807, 2.05) is 5.51 Å². The lowest BCUT2D eigenvalue weighted by atomic mass is 10.2. The SMILES string of the molecule is CCCCNCc1scnc1CCC. The number of nitrogens with zero attached hydrogens (tertiary/aromatic N) is 1. The zero-order valence-corrected chi connectivity index (χ0v) is 9.99. The van der Waals surface area contributed by atoms with E-state index < -0.39 is 0 Å². The lowest BCUT2D eigenvalue weighted by Crippen LogP contribution is -2.14. The molecule has 0 aromatic carbocycles. The molecule has 1 aromatic rings. The van der Waals surface area contributed by atoms with Crippen LogP contribution in [-0.4, -0.2) is 11.5 Å². The van der Waals surface area contributed by atoms with Gasteiger partial charge in [-0.15, -0.1) is 11.3 Å². The van der Waals surface area contributed by atoms with Crippen LogP contribution >= 0.6 is 11.3 Å². The Labute approximate surface area is 90.8 Å². The molecule has 0 saturated carbocycles. The second-order valence-electron chi connectivity index (χ2n) is 3.50. The highest BCUT2D eigenvalue weighted by molar-refractivity contribution is 7.09. The number of hydrogen-bond donors (Lipinski definition) is 1. The predicted molar refractivity (Wildman–Crippen MR) is 62.7 cm³/mol. The Morgan fingerprint density at radius 2 is 2.21 bits per heavy atom. The van der Waals surface area contributed by atoms with Crippen molar-refractivity contribution in [2.24, 2.45) is 0 Å². The number of rotatable bonds is 7. The molecule has 0 unspecified atom stereocenters. The van der Waals surface area contributed by atoms with Crippen LogP contribution in [0.25, 0.3) is 0 Å². The molecule has 0 aliphatic carbocycles. The standard InChI is InChI=1S/C11H20N2S/c1-3-5-7-12-8-11-10(6-4-2)13-9-14-11/h9,12H,3-8H2,1-2H3. The molecule has 0 fully saturated rings. The highest BCUT2D eigenvalue weighted by Crippen LogP contribution is 2.14. The zero-order valence-electron chi connectivity index (χ0n) is 9.18. The van der Waals surface area contributed by atoms with Crippen molar-refractivity contribution in [2.75, 3.05) is 6.54 Å². The van der Waals surface area contributed by atoms with Crippen molar-refractivity contribution in [3.63, 3.8) is 0 Å². The van der Waals surface area contributed by atoms with Crippen LogP contribution in [0, 0.1) is 0 Å². The highest BCUT2D eigenvalue weighted by Gasteiger charge is 2.03.